The predicted molar refractivity (Wildman–Crippen MR) is 238 cm³/mol. The van der Waals surface area contributed by atoms with E-state index in [0.717, 1.165) is 12.8 Å². The third kappa shape index (κ3) is 9.19. The molecule has 0 amide bonds. The number of fused-ring (bicyclic) bond motifs is 3. The van der Waals surface area contributed by atoms with Crippen molar-refractivity contribution in [2.75, 3.05) is 7.11 Å². The summed E-state index contributed by atoms with van der Waals surface area (Å²) in [5.41, 5.74) is -2.00. The van der Waals surface area contributed by atoms with Crippen LogP contribution in [0.3, 0.4) is 0 Å². The first kappa shape index (κ1) is 49.1. The van der Waals surface area contributed by atoms with E-state index in [1.165, 1.54) is 13.2 Å². The number of carbonyl (C=O) groups is 4. The van der Waals surface area contributed by atoms with Gasteiger partial charge in [-0.1, -0.05) is 61.7 Å². The second-order valence-electron chi connectivity index (χ2n) is 19.5. The van der Waals surface area contributed by atoms with Crippen LogP contribution in [0, 0.1) is 41.9 Å². The molecule has 0 aromatic heterocycles. The van der Waals surface area contributed by atoms with Crippen LogP contribution in [-0.4, -0.2) is 112 Å². The average molecular weight is 955 g/mol. The number of aliphatic hydroxyl groups excluding tert-OH is 3. The molecular formula is C50H63ClO16. The topological polar surface area (TPSA) is 223 Å². The molecule has 1 saturated carbocycles. The number of aliphatic hydroxyl groups is 3. The zero-order valence-electron chi connectivity index (χ0n) is 38.8. The van der Waals surface area contributed by atoms with Crippen LogP contribution in [0.15, 0.2) is 59.6 Å². The molecule has 4 N–H and O–H groups in total. The van der Waals surface area contributed by atoms with Crippen LogP contribution >= 0.6 is 11.6 Å². The maximum atomic E-state index is 14.8. The number of carboxylic acid groups (broad SMARTS) is 1. The van der Waals surface area contributed by atoms with E-state index in [2.05, 4.69) is 6.08 Å². The number of hydrogen-bond acceptors (Lipinski definition) is 15. The number of rotatable bonds is 8. The SMILES string of the molecule is COc1ccc(Cl)c(C)c1C(=O)O[C@@H]1C[C@H](O[C@H]2[C@H](O)C[C@H](O[C@H]3CCC[C@@H]4[C@@H]3C=C[C@H]3CCCCC=C[C@@H]5C=C(C(=O)O)[C@H](C)C[C@]56OC(=O)C(=C6O)OC(=O)[C@@]43C)O[C@@H]2C)O[C@H](C)[C@H]1O. The van der Waals surface area contributed by atoms with Gasteiger partial charge < -0.3 is 58.3 Å². The zero-order chi connectivity index (χ0) is 48.1. The number of carbonyl (C=O) groups excluding carboxylic acids is 3. The predicted octanol–water partition coefficient (Wildman–Crippen LogP) is 6.96. The average Bonchev–Trinajstić information content (AvgIpc) is 3.50. The van der Waals surface area contributed by atoms with Gasteiger partial charge in [-0.05, 0) is 95.2 Å². The third-order valence-corrected chi connectivity index (χ3v) is 15.9. The van der Waals surface area contributed by atoms with Crippen LogP contribution < -0.4 is 4.74 Å². The number of carboxylic acids is 1. The summed E-state index contributed by atoms with van der Waals surface area (Å²) in [6.07, 6.45) is 6.54. The molecule has 2 saturated heterocycles. The van der Waals surface area contributed by atoms with Crippen LogP contribution in [0.25, 0.3) is 0 Å². The van der Waals surface area contributed by atoms with Gasteiger partial charge in [-0.15, -0.1) is 0 Å². The first-order valence-electron chi connectivity index (χ1n) is 23.6. The Morgan fingerprint density at radius 2 is 1.66 bits per heavy atom. The second kappa shape index (κ2) is 19.6. The number of benzene rings is 1. The summed E-state index contributed by atoms with van der Waals surface area (Å²) in [4.78, 5) is 53.9. The summed E-state index contributed by atoms with van der Waals surface area (Å²) in [5, 5.41) is 44.6. The highest BCUT2D eigenvalue weighted by molar-refractivity contribution is 6.32. The maximum Gasteiger partial charge on any atom is 0.379 e. The van der Waals surface area contributed by atoms with Gasteiger partial charge in [0.2, 0.25) is 0 Å². The molecule has 16 nitrogen and oxygen atoms in total. The molecular weight excluding hydrogens is 892 g/mol. The van der Waals surface area contributed by atoms with Crippen LogP contribution in [0.4, 0.5) is 0 Å². The Balaban J connectivity index is 0.952. The molecule has 4 heterocycles. The van der Waals surface area contributed by atoms with Gasteiger partial charge >= 0.3 is 23.9 Å². The molecule has 1 spiro atoms. The monoisotopic (exact) mass is 954 g/mol. The van der Waals surface area contributed by atoms with Gasteiger partial charge in [0.1, 0.15) is 29.6 Å². The quantitative estimate of drug-likeness (QED) is 0.117. The summed E-state index contributed by atoms with van der Waals surface area (Å²) >= 11 is 6.30. The van der Waals surface area contributed by atoms with Crippen LogP contribution in [0.5, 0.6) is 5.75 Å². The molecule has 366 valence electrons. The molecule has 7 aliphatic rings. The number of allylic oxidation sites excluding steroid dienone is 2. The largest absolute Gasteiger partial charge is 0.505 e. The lowest BCUT2D eigenvalue weighted by Gasteiger charge is -2.51. The van der Waals surface area contributed by atoms with E-state index in [9.17, 15) is 39.6 Å². The minimum absolute atomic E-state index is 0.00846. The fraction of sp³-hybridized carbons (Fsp3) is 0.640. The third-order valence-electron chi connectivity index (χ3n) is 15.5. The normalized spacial score (nSPS) is 40.0. The van der Waals surface area contributed by atoms with Crippen molar-refractivity contribution in [1.82, 2.24) is 0 Å². The summed E-state index contributed by atoms with van der Waals surface area (Å²) in [6, 6.07) is 3.18. The van der Waals surface area contributed by atoms with Crippen molar-refractivity contribution in [3.63, 3.8) is 0 Å². The summed E-state index contributed by atoms with van der Waals surface area (Å²) in [7, 11) is 1.43. The Hall–Kier alpha value is -4.29. The fourth-order valence-electron chi connectivity index (χ4n) is 11.7. The van der Waals surface area contributed by atoms with Gasteiger partial charge in [0, 0.05) is 41.7 Å². The van der Waals surface area contributed by atoms with E-state index in [1.54, 1.807) is 45.9 Å². The van der Waals surface area contributed by atoms with E-state index in [1.807, 2.05) is 19.1 Å². The van der Waals surface area contributed by atoms with Crippen molar-refractivity contribution >= 4 is 35.5 Å². The number of halogens is 1. The molecule has 1 aromatic rings. The first-order chi connectivity index (χ1) is 31.9. The van der Waals surface area contributed by atoms with E-state index < -0.39 is 114 Å². The summed E-state index contributed by atoms with van der Waals surface area (Å²) < 4.78 is 48.4. The Bertz CT molecular complexity index is 2210. The smallest absolute Gasteiger partial charge is 0.379 e. The second-order valence-corrected chi connectivity index (χ2v) is 20.0. The highest BCUT2D eigenvalue weighted by Gasteiger charge is 2.60. The standard InChI is InChI=1S/C50H63ClO16/c1-24-23-50-29(20-31(24)45(55)56)13-10-8-7-9-12-28-16-17-30-32(49(28,5)48(59)66-43(44(50)54)47(58)67-50)14-11-15-35(30)63-38-21-34(52)42(27(4)62-38)65-39-22-37(41(53)26(3)61-39)64-46(57)40-25(2)33(51)18-19-36(40)60-6/h10,13,16-20,24,26-30,32,34-35,37-39,41-42,52-54H,7-9,11-12,14-15,21-23H2,1-6H3,(H,55,56)/t24-,26-,27-,28-,29-,30+,32-,34-,35+,37-,38+,39+,41-,42-,49-,50+/m1/s1. The molecule has 3 fully saturated rings. The van der Waals surface area contributed by atoms with Gasteiger partial charge in [0.05, 0.1) is 36.9 Å². The number of methoxy groups -OCH3 is 1. The van der Waals surface area contributed by atoms with Crippen molar-refractivity contribution < 1.29 is 77.5 Å². The van der Waals surface area contributed by atoms with E-state index >= 15 is 0 Å². The summed E-state index contributed by atoms with van der Waals surface area (Å²) in [5.74, 6) is -6.44. The van der Waals surface area contributed by atoms with Gasteiger partial charge in [-0.2, -0.15) is 0 Å². The van der Waals surface area contributed by atoms with Crippen molar-refractivity contribution in [3.8, 4) is 5.75 Å². The van der Waals surface area contributed by atoms with Gasteiger partial charge in [0.25, 0.3) is 5.76 Å². The number of aliphatic carboxylic acids is 1. The lowest BCUT2D eigenvalue weighted by atomic mass is 9.55. The molecule has 2 bridgehead atoms. The highest BCUT2D eigenvalue weighted by atomic mass is 35.5. The Morgan fingerprint density at radius 3 is 2.39 bits per heavy atom. The fourth-order valence-corrected chi connectivity index (χ4v) is 11.8. The van der Waals surface area contributed by atoms with Crippen LogP contribution in [-0.2, 0) is 47.5 Å². The number of hydrogen-bond donors (Lipinski definition) is 4. The molecule has 8 rings (SSSR count). The van der Waals surface area contributed by atoms with Crippen molar-refractivity contribution in [1.29, 1.82) is 0 Å². The van der Waals surface area contributed by atoms with Gasteiger partial charge in [-0.3, -0.25) is 4.79 Å². The van der Waals surface area contributed by atoms with E-state index in [4.69, 9.17) is 49.5 Å². The molecule has 16 atom stereocenters. The minimum Gasteiger partial charge on any atom is -0.505 e. The summed E-state index contributed by atoms with van der Waals surface area (Å²) in [6.45, 7) is 8.63. The van der Waals surface area contributed by atoms with Crippen molar-refractivity contribution in [2.24, 2.45) is 35.0 Å². The van der Waals surface area contributed by atoms with Gasteiger partial charge in [0.15, 0.2) is 23.9 Å². The van der Waals surface area contributed by atoms with Crippen molar-refractivity contribution in [2.45, 2.75) is 160 Å². The Kier molecular flexibility index (Phi) is 14.4. The number of esters is 3. The highest BCUT2D eigenvalue weighted by Crippen LogP contribution is 2.55. The van der Waals surface area contributed by atoms with E-state index in [-0.39, 0.29) is 53.9 Å². The number of ether oxygens (including phenoxy) is 8. The van der Waals surface area contributed by atoms with E-state index in [0.29, 0.717) is 42.7 Å². The Morgan fingerprint density at radius 1 is 0.910 bits per heavy atom. The first-order valence-corrected chi connectivity index (χ1v) is 24.0. The zero-order valence-corrected chi connectivity index (χ0v) is 39.5. The molecule has 3 aliphatic carbocycles. The molecule has 67 heavy (non-hydrogen) atoms. The lowest BCUT2D eigenvalue weighted by Crippen LogP contribution is -2.56. The van der Waals surface area contributed by atoms with Crippen LogP contribution in [0.1, 0.15) is 108 Å². The molecule has 0 unspecified atom stereocenters. The molecule has 17 heteroatoms. The van der Waals surface area contributed by atoms with Crippen molar-refractivity contribution in [3.05, 3.63) is 75.8 Å². The molecule has 0 radical (unpaired) electrons. The molecule has 4 aliphatic heterocycles. The van der Waals surface area contributed by atoms with Crippen LogP contribution in [0.2, 0.25) is 5.02 Å². The van der Waals surface area contributed by atoms with Gasteiger partial charge in [-0.25, -0.2) is 14.4 Å². The lowest BCUT2D eigenvalue weighted by molar-refractivity contribution is -0.318. The Labute approximate surface area is 395 Å². The minimum atomic E-state index is -1.62. The molecule has 1 aromatic carbocycles. The maximum absolute atomic E-state index is 14.8.